The number of nitrogens with one attached hydrogen (secondary N) is 1. The van der Waals surface area contributed by atoms with Gasteiger partial charge in [0.25, 0.3) is 0 Å². The van der Waals surface area contributed by atoms with Gasteiger partial charge in [-0.15, -0.1) is 0 Å². The van der Waals surface area contributed by atoms with Crippen molar-refractivity contribution >= 4 is 0 Å². The Kier molecular flexibility index (Phi) is 4.83. The number of nitrogens with zero attached hydrogens (tertiary/aromatic N) is 2. The van der Waals surface area contributed by atoms with Gasteiger partial charge in [0, 0.05) is 25.2 Å². The molecule has 2 atom stereocenters. The first-order valence-electron chi connectivity index (χ1n) is 7.33. The predicted molar refractivity (Wildman–Crippen MR) is 73.3 cm³/mol. The molecule has 3 heteroatoms. The van der Waals surface area contributed by atoms with Crippen LogP contribution >= 0.6 is 0 Å². The lowest BCUT2D eigenvalue weighted by Gasteiger charge is -2.37. The lowest BCUT2D eigenvalue weighted by atomic mass is 10.0. The molecule has 0 spiro atoms. The van der Waals surface area contributed by atoms with E-state index in [0.717, 1.165) is 24.5 Å². The third kappa shape index (κ3) is 3.94. The molecule has 0 bridgehead atoms. The van der Waals surface area contributed by atoms with Crippen LogP contribution in [0.4, 0.5) is 0 Å². The van der Waals surface area contributed by atoms with Gasteiger partial charge >= 0.3 is 0 Å². The smallest absolute Gasteiger partial charge is 0.0223 e. The third-order valence-electron chi connectivity index (χ3n) is 4.36. The maximum absolute atomic E-state index is 3.67. The van der Waals surface area contributed by atoms with Crippen LogP contribution in [0.1, 0.15) is 32.6 Å². The number of hydrogen-bond acceptors (Lipinski definition) is 3. The minimum absolute atomic E-state index is 0.734. The first kappa shape index (κ1) is 13.3. The number of likely N-dealkylation sites (N-methyl/N-ethyl adjacent to an activating group) is 3. The van der Waals surface area contributed by atoms with Crippen molar-refractivity contribution in [3.8, 4) is 0 Å². The normalized spacial score (nSPS) is 28.6. The Balaban J connectivity index is 1.79. The molecule has 17 heavy (non-hydrogen) atoms. The summed E-state index contributed by atoms with van der Waals surface area (Å²) in [5.74, 6) is 0.957. The highest BCUT2D eigenvalue weighted by Crippen LogP contribution is 2.33. The maximum Gasteiger partial charge on any atom is 0.0223 e. The average Bonchev–Trinajstić information content (AvgIpc) is 3.12. The van der Waals surface area contributed by atoms with Crippen molar-refractivity contribution in [3.63, 3.8) is 0 Å². The van der Waals surface area contributed by atoms with E-state index >= 15 is 0 Å². The molecule has 1 N–H and O–H groups in total. The summed E-state index contributed by atoms with van der Waals surface area (Å²) in [6.45, 7) is 7.10. The molecule has 2 rings (SSSR count). The highest BCUT2D eigenvalue weighted by Gasteiger charge is 2.32. The lowest BCUT2D eigenvalue weighted by molar-refractivity contribution is 0.122. The Morgan fingerprint density at radius 2 is 2.12 bits per heavy atom. The largest absolute Gasteiger partial charge is 0.313 e. The maximum atomic E-state index is 3.67. The van der Waals surface area contributed by atoms with Crippen molar-refractivity contribution in [3.05, 3.63) is 0 Å². The van der Waals surface area contributed by atoms with E-state index in [9.17, 15) is 0 Å². The summed E-state index contributed by atoms with van der Waals surface area (Å²) < 4.78 is 0. The topological polar surface area (TPSA) is 18.5 Å². The van der Waals surface area contributed by atoms with Crippen molar-refractivity contribution in [2.75, 3.05) is 40.3 Å². The average molecular weight is 239 g/mol. The summed E-state index contributed by atoms with van der Waals surface area (Å²) in [5, 5.41) is 3.67. The Bertz CT molecular complexity index is 228. The quantitative estimate of drug-likeness (QED) is 0.756. The Hall–Kier alpha value is -0.120. The van der Waals surface area contributed by atoms with Crippen LogP contribution in [0.2, 0.25) is 0 Å². The van der Waals surface area contributed by atoms with E-state index in [1.165, 1.54) is 45.3 Å². The third-order valence-corrected chi connectivity index (χ3v) is 4.36. The van der Waals surface area contributed by atoms with E-state index in [1.54, 1.807) is 0 Å². The number of likely N-dealkylation sites (tertiary alicyclic amines) is 1. The molecule has 1 aliphatic carbocycles. The summed E-state index contributed by atoms with van der Waals surface area (Å²) in [5.41, 5.74) is 0. The zero-order valence-electron chi connectivity index (χ0n) is 11.8. The summed E-state index contributed by atoms with van der Waals surface area (Å²) >= 11 is 0. The minimum Gasteiger partial charge on any atom is -0.313 e. The SMILES string of the molecule is CCNC(CN(C)C1CCCN(C)C1)C1CC1. The summed E-state index contributed by atoms with van der Waals surface area (Å²) in [4.78, 5) is 5.07. The predicted octanol–water partition coefficient (Wildman–Crippen LogP) is 1.40. The Labute approximate surface area is 107 Å². The fraction of sp³-hybridized carbons (Fsp3) is 1.00. The van der Waals surface area contributed by atoms with E-state index in [-0.39, 0.29) is 0 Å². The number of rotatable bonds is 6. The van der Waals surface area contributed by atoms with Gasteiger partial charge in [0.2, 0.25) is 0 Å². The molecule has 100 valence electrons. The van der Waals surface area contributed by atoms with Crippen molar-refractivity contribution < 1.29 is 0 Å². The van der Waals surface area contributed by atoms with Crippen LogP contribution in [-0.2, 0) is 0 Å². The molecule has 0 radical (unpaired) electrons. The first-order valence-corrected chi connectivity index (χ1v) is 7.33. The van der Waals surface area contributed by atoms with Crippen LogP contribution < -0.4 is 5.32 Å². The van der Waals surface area contributed by atoms with Gasteiger partial charge in [-0.05, 0) is 58.8 Å². The van der Waals surface area contributed by atoms with Crippen molar-refractivity contribution in [1.29, 1.82) is 0 Å². The Morgan fingerprint density at radius 3 is 2.71 bits per heavy atom. The molecule has 0 aromatic carbocycles. The molecule has 1 heterocycles. The molecule has 0 aromatic rings. The van der Waals surface area contributed by atoms with E-state index in [0.29, 0.717) is 0 Å². The molecule has 1 saturated carbocycles. The minimum atomic E-state index is 0.734. The van der Waals surface area contributed by atoms with Crippen LogP contribution in [0.5, 0.6) is 0 Å². The van der Waals surface area contributed by atoms with Crippen LogP contribution in [0.25, 0.3) is 0 Å². The van der Waals surface area contributed by atoms with Crippen LogP contribution in [0.3, 0.4) is 0 Å². The van der Waals surface area contributed by atoms with Gasteiger partial charge in [0.15, 0.2) is 0 Å². The van der Waals surface area contributed by atoms with E-state index < -0.39 is 0 Å². The zero-order chi connectivity index (χ0) is 12.3. The Morgan fingerprint density at radius 1 is 1.35 bits per heavy atom. The van der Waals surface area contributed by atoms with Crippen LogP contribution in [-0.4, -0.2) is 62.2 Å². The highest BCUT2D eigenvalue weighted by atomic mass is 15.2. The van der Waals surface area contributed by atoms with Gasteiger partial charge < -0.3 is 15.1 Å². The lowest BCUT2D eigenvalue weighted by Crippen LogP contribution is -2.50. The molecule has 3 nitrogen and oxygen atoms in total. The van der Waals surface area contributed by atoms with Gasteiger partial charge in [-0.3, -0.25) is 0 Å². The van der Waals surface area contributed by atoms with Gasteiger partial charge in [-0.1, -0.05) is 6.92 Å². The van der Waals surface area contributed by atoms with E-state index in [4.69, 9.17) is 0 Å². The highest BCUT2D eigenvalue weighted by molar-refractivity contribution is 4.89. The fourth-order valence-corrected chi connectivity index (χ4v) is 3.10. The second-order valence-electron chi connectivity index (χ2n) is 6.00. The molecular formula is C14H29N3. The number of piperidine rings is 1. The second-order valence-corrected chi connectivity index (χ2v) is 6.00. The van der Waals surface area contributed by atoms with Crippen molar-refractivity contribution in [2.45, 2.75) is 44.7 Å². The van der Waals surface area contributed by atoms with Crippen molar-refractivity contribution in [2.24, 2.45) is 5.92 Å². The van der Waals surface area contributed by atoms with Gasteiger partial charge in [-0.2, -0.15) is 0 Å². The van der Waals surface area contributed by atoms with E-state index in [2.05, 4.69) is 36.1 Å². The molecule has 2 aliphatic rings. The second kappa shape index (κ2) is 6.17. The molecule has 2 unspecified atom stereocenters. The van der Waals surface area contributed by atoms with E-state index in [1.807, 2.05) is 0 Å². The molecule has 0 aromatic heterocycles. The van der Waals surface area contributed by atoms with Crippen LogP contribution in [0.15, 0.2) is 0 Å². The molecule has 1 saturated heterocycles. The molecule has 1 aliphatic heterocycles. The summed E-state index contributed by atoms with van der Waals surface area (Å²) in [6, 6.07) is 1.51. The van der Waals surface area contributed by atoms with Crippen molar-refractivity contribution in [1.82, 2.24) is 15.1 Å². The van der Waals surface area contributed by atoms with Gasteiger partial charge in [-0.25, -0.2) is 0 Å². The van der Waals surface area contributed by atoms with Gasteiger partial charge in [0.1, 0.15) is 0 Å². The van der Waals surface area contributed by atoms with Crippen LogP contribution in [0, 0.1) is 5.92 Å². The zero-order valence-corrected chi connectivity index (χ0v) is 11.8. The number of hydrogen-bond donors (Lipinski definition) is 1. The standard InChI is InChI=1S/C14H29N3/c1-4-15-14(12-7-8-12)11-17(3)13-6-5-9-16(2)10-13/h12-15H,4-11H2,1-3H3. The summed E-state index contributed by atoms with van der Waals surface area (Å²) in [7, 11) is 4.57. The molecule has 0 amide bonds. The fourth-order valence-electron chi connectivity index (χ4n) is 3.10. The molecular weight excluding hydrogens is 210 g/mol. The molecule has 2 fully saturated rings. The summed E-state index contributed by atoms with van der Waals surface area (Å²) in [6.07, 6.45) is 5.62. The van der Waals surface area contributed by atoms with Gasteiger partial charge in [0.05, 0.1) is 0 Å². The monoisotopic (exact) mass is 239 g/mol. The first-order chi connectivity index (χ1) is 8.20.